The summed E-state index contributed by atoms with van der Waals surface area (Å²) in [5, 5.41) is 23.2. The molecule has 448 valence electrons. The van der Waals surface area contributed by atoms with Crippen molar-refractivity contribution in [1.29, 1.82) is 0 Å². The van der Waals surface area contributed by atoms with Crippen molar-refractivity contribution in [1.82, 2.24) is 5.32 Å². The number of amides is 1. The summed E-state index contributed by atoms with van der Waals surface area (Å²) in [6.45, 7) is 4.92. The van der Waals surface area contributed by atoms with Gasteiger partial charge in [0.1, 0.15) is 0 Å². The zero-order valence-electron chi connectivity index (χ0n) is 51.3. The van der Waals surface area contributed by atoms with E-state index in [2.05, 4.69) is 43.5 Å². The molecule has 0 radical (unpaired) electrons. The molecule has 76 heavy (non-hydrogen) atoms. The molecule has 0 fully saturated rings. The monoisotopic (exact) mass is 1070 g/mol. The van der Waals surface area contributed by atoms with E-state index in [1.165, 1.54) is 302 Å². The van der Waals surface area contributed by atoms with Crippen LogP contribution in [-0.4, -0.2) is 47.4 Å². The lowest BCUT2D eigenvalue weighted by molar-refractivity contribution is -0.143. The van der Waals surface area contributed by atoms with E-state index in [1.54, 1.807) is 6.08 Å². The lowest BCUT2D eigenvalue weighted by Crippen LogP contribution is -2.45. The van der Waals surface area contributed by atoms with E-state index < -0.39 is 12.1 Å². The third-order valence-corrected chi connectivity index (χ3v) is 15.9. The predicted octanol–water partition coefficient (Wildman–Crippen LogP) is 21.9. The van der Waals surface area contributed by atoms with Crippen molar-refractivity contribution < 1.29 is 24.5 Å². The second-order valence-corrected chi connectivity index (χ2v) is 23.5. The third-order valence-electron chi connectivity index (χ3n) is 15.9. The van der Waals surface area contributed by atoms with Crippen molar-refractivity contribution in [3.8, 4) is 0 Å². The summed E-state index contributed by atoms with van der Waals surface area (Å²) in [5.41, 5.74) is 0. The molecule has 0 aromatic rings. The van der Waals surface area contributed by atoms with Gasteiger partial charge in [-0.2, -0.15) is 0 Å². The predicted molar refractivity (Wildman–Crippen MR) is 333 cm³/mol. The van der Waals surface area contributed by atoms with Crippen molar-refractivity contribution >= 4 is 11.9 Å². The zero-order valence-corrected chi connectivity index (χ0v) is 51.3. The second-order valence-electron chi connectivity index (χ2n) is 23.5. The van der Waals surface area contributed by atoms with Crippen molar-refractivity contribution in [2.75, 3.05) is 13.2 Å². The van der Waals surface area contributed by atoms with Gasteiger partial charge in [0.15, 0.2) is 0 Å². The molecule has 3 N–H and O–H groups in total. The molecule has 2 atom stereocenters. The minimum atomic E-state index is -0.844. The summed E-state index contributed by atoms with van der Waals surface area (Å²) in [7, 11) is 0. The number of rotatable bonds is 64. The fraction of sp³-hybridized carbons (Fsp3) is 0.886. The summed E-state index contributed by atoms with van der Waals surface area (Å²) in [6, 6.07) is -0.627. The molecule has 0 aliphatic rings. The molecule has 0 spiro atoms. The SMILES string of the molecule is CCCCCCCCCCCCCCCC/C=C/C(O)C(CO)NC(=O)CCCCCCCCCCCCCCCCC/C=C\C/C=C\CCCCCCCCCCCOC(=O)CCCCCCCCCCCCCC. The Kier molecular flexibility index (Phi) is 63.9. The van der Waals surface area contributed by atoms with Crippen LogP contribution < -0.4 is 5.32 Å². The first-order chi connectivity index (χ1) is 37.5. The zero-order chi connectivity index (χ0) is 55.0. The topological polar surface area (TPSA) is 95.9 Å². The molecular weight excluding hydrogens is 935 g/mol. The summed E-state index contributed by atoms with van der Waals surface area (Å²) in [4.78, 5) is 24.5. The highest BCUT2D eigenvalue weighted by atomic mass is 16.5. The van der Waals surface area contributed by atoms with Crippen LogP contribution in [0.2, 0.25) is 0 Å². The number of unbranched alkanes of at least 4 members (excludes halogenated alkanes) is 49. The van der Waals surface area contributed by atoms with E-state index in [9.17, 15) is 19.8 Å². The minimum Gasteiger partial charge on any atom is -0.466 e. The molecule has 6 heteroatoms. The van der Waals surface area contributed by atoms with E-state index in [0.717, 1.165) is 44.9 Å². The number of hydrogen-bond donors (Lipinski definition) is 3. The molecule has 0 aromatic heterocycles. The lowest BCUT2D eigenvalue weighted by atomic mass is 10.0. The smallest absolute Gasteiger partial charge is 0.305 e. The fourth-order valence-electron chi connectivity index (χ4n) is 10.7. The van der Waals surface area contributed by atoms with Crippen LogP contribution in [0.3, 0.4) is 0 Å². The maximum absolute atomic E-state index is 12.5. The number of hydrogen-bond acceptors (Lipinski definition) is 5. The second kappa shape index (κ2) is 65.6. The van der Waals surface area contributed by atoms with Crippen LogP contribution >= 0.6 is 0 Å². The van der Waals surface area contributed by atoms with Gasteiger partial charge < -0.3 is 20.3 Å². The molecule has 0 saturated carbocycles. The van der Waals surface area contributed by atoms with Crippen LogP contribution in [0.4, 0.5) is 0 Å². The van der Waals surface area contributed by atoms with Gasteiger partial charge in [-0.1, -0.05) is 333 Å². The molecule has 0 aliphatic carbocycles. The van der Waals surface area contributed by atoms with E-state index in [4.69, 9.17) is 4.74 Å². The van der Waals surface area contributed by atoms with Gasteiger partial charge in [-0.15, -0.1) is 0 Å². The quantitative estimate of drug-likeness (QED) is 0.0320. The van der Waals surface area contributed by atoms with Crippen molar-refractivity contribution in [2.45, 2.75) is 386 Å². The molecule has 0 aromatic carbocycles. The van der Waals surface area contributed by atoms with Crippen molar-refractivity contribution in [2.24, 2.45) is 0 Å². The van der Waals surface area contributed by atoms with Crippen LogP contribution in [0, 0.1) is 0 Å². The number of esters is 1. The van der Waals surface area contributed by atoms with Gasteiger partial charge in [-0.25, -0.2) is 0 Å². The molecule has 2 unspecified atom stereocenters. The third kappa shape index (κ3) is 61.3. The van der Waals surface area contributed by atoms with Crippen molar-refractivity contribution in [3.05, 3.63) is 36.5 Å². The van der Waals surface area contributed by atoms with Crippen LogP contribution in [0.25, 0.3) is 0 Å². The molecule has 6 nitrogen and oxygen atoms in total. The molecule has 0 bridgehead atoms. The van der Waals surface area contributed by atoms with E-state index in [0.29, 0.717) is 19.4 Å². The van der Waals surface area contributed by atoms with Gasteiger partial charge in [0.25, 0.3) is 0 Å². The van der Waals surface area contributed by atoms with Crippen LogP contribution in [0.15, 0.2) is 36.5 Å². The average Bonchev–Trinajstić information content (AvgIpc) is 3.42. The Morgan fingerprint density at radius 3 is 1.00 bits per heavy atom. The Morgan fingerprint density at radius 1 is 0.368 bits per heavy atom. The van der Waals surface area contributed by atoms with Crippen molar-refractivity contribution in [3.63, 3.8) is 0 Å². The lowest BCUT2D eigenvalue weighted by Gasteiger charge is -2.20. The Bertz CT molecular complexity index is 1230. The standard InChI is InChI=1S/C70H133NO5/c1-3-5-7-9-11-13-15-17-18-36-39-42-46-50-54-58-62-68(73)67(66-72)71-69(74)63-59-55-51-47-43-40-37-34-32-30-28-26-24-22-20-19-21-23-25-27-29-31-33-35-38-41-45-49-53-57-61-65-76-70(75)64-60-56-52-48-44-16-14-12-10-8-6-4-2/h21,23,27,29,58,62,67-68,72-73H,3-20,22,24-26,28,30-57,59-61,63-66H2,1-2H3,(H,71,74)/b23-21-,29-27-,62-58+. The summed E-state index contributed by atoms with van der Waals surface area (Å²) in [6.07, 6.45) is 83.6. The minimum absolute atomic E-state index is 0.0138. The molecule has 0 rings (SSSR count). The van der Waals surface area contributed by atoms with Gasteiger partial charge in [0, 0.05) is 12.8 Å². The maximum Gasteiger partial charge on any atom is 0.305 e. The highest BCUT2D eigenvalue weighted by Crippen LogP contribution is 2.18. The van der Waals surface area contributed by atoms with Crippen LogP contribution in [-0.2, 0) is 14.3 Å². The number of allylic oxidation sites excluding steroid dienone is 5. The number of ether oxygens (including phenoxy) is 1. The Morgan fingerprint density at radius 2 is 0.658 bits per heavy atom. The highest BCUT2D eigenvalue weighted by Gasteiger charge is 2.18. The first-order valence-electron chi connectivity index (χ1n) is 34.3. The van der Waals surface area contributed by atoms with Crippen LogP contribution in [0.5, 0.6) is 0 Å². The number of aliphatic hydroxyl groups is 2. The Balaban J connectivity index is 3.41. The summed E-state index contributed by atoms with van der Waals surface area (Å²) >= 11 is 0. The van der Waals surface area contributed by atoms with E-state index >= 15 is 0 Å². The average molecular weight is 1070 g/mol. The van der Waals surface area contributed by atoms with Gasteiger partial charge in [0.2, 0.25) is 5.91 Å². The molecule has 1 amide bonds. The molecule has 0 saturated heterocycles. The molecular formula is C70H133NO5. The highest BCUT2D eigenvalue weighted by molar-refractivity contribution is 5.76. The Hall–Kier alpha value is -1.92. The van der Waals surface area contributed by atoms with Gasteiger partial charge in [0.05, 0.1) is 25.4 Å². The number of carbonyl (C=O) groups is 2. The molecule has 0 aliphatic heterocycles. The normalized spacial score (nSPS) is 12.7. The Labute approximate surface area is 474 Å². The largest absolute Gasteiger partial charge is 0.466 e. The number of aliphatic hydroxyl groups excluding tert-OH is 2. The first-order valence-corrected chi connectivity index (χ1v) is 34.3. The summed E-state index contributed by atoms with van der Waals surface area (Å²) in [5.74, 6) is -0.0513. The van der Waals surface area contributed by atoms with Gasteiger partial charge >= 0.3 is 5.97 Å². The first kappa shape index (κ1) is 74.1. The van der Waals surface area contributed by atoms with Gasteiger partial charge in [-0.3, -0.25) is 9.59 Å². The molecule has 0 heterocycles. The van der Waals surface area contributed by atoms with Gasteiger partial charge in [-0.05, 0) is 64.2 Å². The van der Waals surface area contributed by atoms with E-state index in [1.807, 2.05) is 6.08 Å². The summed E-state index contributed by atoms with van der Waals surface area (Å²) < 4.78 is 5.48. The van der Waals surface area contributed by atoms with Crippen LogP contribution in [0.1, 0.15) is 373 Å². The maximum atomic E-state index is 12.5. The number of carbonyl (C=O) groups excluding carboxylic acids is 2. The van der Waals surface area contributed by atoms with E-state index in [-0.39, 0.29) is 18.5 Å². The number of nitrogens with one attached hydrogen (secondary N) is 1. The fourth-order valence-corrected chi connectivity index (χ4v) is 10.7.